The number of benzene rings is 1. The molecule has 1 aromatic carbocycles. The van der Waals surface area contributed by atoms with Crippen LogP contribution < -0.4 is 4.74 Å². The second kappa shape index (κ2) is 7.42. The normalized spacial score (nSPS) is 10.6. The Hall–Kier alpha value is -1.60. The number of aromatic nitrogens is 3. The summed E-state index contributed by atoms with van der Waals surface area (Å²) in [6.45, 7) is 0.942. The summed E-state index contributed by atoms with van der Waals surface area (Å²) in [5, 5.41) is 17.1. The van der Waals surface area contributed by atoms with Gasteiger partial charge in [0.05, 0.1) is 23.1 Å². The van der Waals surface area contributed by atoms with Crippen LogP contribution in [0, 0.1) is 0 Å². The monoisotopic (exact) mass is 373 g/mol. The molecule has 2 aromatic rings. The molecule has 1 heterocycles. The number of aliphatic carboxylic acids is 1. The molecule has 0 atom stereocenters. The Morgan fingerprint density at radius 1 is 1.48 bits per heavy atom. The molecule has 0 fully saturated rings. The zero-order valence-electron chi connectivity index (χ0n) is 11.0. The second-order valence-electron chi connectivity index (χ2n) is 4.29. The summed E-state index contributed by atoms with van der Waals surface area (Å²) < 4.78 is 8.03. The average molecular weight is 375 g/mol. The number of carboxylic acid groups (broad SMARTS) is 1. The first kappa shape index (κ1) is 15.8. The summed E-state index contributed by atoms with van der Waals surface area (Å²) in [5.74, 6) is -0.147. The van der Waals surface area contributed by atoms with Gasteiger partial charge in [0, 0.05) is 17.6 Å². The first-order chi connectivity index (χ1) is 10.0. The minimum atomic E-state index is -0.847. The van der Waals surface area contributed by atoms with Gasteiger partial charge in [-0.05, 0) is 34.1 Å². The summed E-state index contributed by atoms with van der Waals surface area (Å²) in [5.41, 5.74) is 0.657. The molecule has 2 rings (SSSR count). The molecule has 112 valence electrons. The van der Waals surface area contributed by atoms with Crippen LogP contribution in [0.3, 0.4) is 0 Å². The van der Waals surface area contributed by atoms with Crippen LogP contribution in [0.5, 0.6) is 5.75 Å². The first-order valence-corrected chi connectivity index (χ1v) is 7.40. The molecule has 0 saturated carbocycles. The number of rotatable bonds is 7. The van der Waals surface area contributed by atoms with E-state index >= 15 is 0 Å². The lowest BCUT2D eigenvalue weighted by atomic mass is 10.2. The van der Waals surface area contributed by atoms with E-state index in [1.54, 1.807) is 29.1 Å². The highest BCUT2D eigenvalue weighted by Crippen LogP contribution is 2.27. The minimum Gasteiger partial charge on any atom is -0.490 e. The zero-order chi connectivity index (χ0) is 15.2. The number of hydrogen-bond acceptors (Lipinski definition) is 4. The summed E-state index contributed by atoms with van der Waals surface area (Å²) in [7, 11) is 0. The van der Waals surface area contributed by atoms with Crippen molar-refractivity contribution in [2.75, 3.05) is 6.61 Å². The molecular weight excluding hydrogens is 362 g/mol. The molecule has 1 N–H and O–H groups in total. The maximum absolute atomic E-state index is 10.5. The lowest BCUT2D eigenvalue weighted by Crippen LogP contribution is -2.09. The number of aryl methyl sites for hydroxylation is 1. The Bertz CT molecular complexity index is 633. The van der Waals surface area contributed by atoms with E-state index in [9.17, 15) is 4.79 Å². The molecular formula is C13H13BrClN3O3. The quantitative estimate of drug-likeness (QED) is 0.806. The molecule has 0 saturated heterocycles. The Kier molecular flexibility index (Phi) is 5.58. The van der Waals surface area contributed by atoms with E-state index in [4.69, 9.17) is 21.4 Å². The lowest BCUT2D eigenvalue weighted by molar-refractivity contribution is -0.136. The Balaban J connectivity index is 1.82. The van der Waals surface area contributed by atoms with Crippen LogP contribution in [0.1, 0.15) is 12.1 Å². The van der Waals surface area contributed by atoms with Gasteiger partial charge in [-0.25, -0.2) is 4.68 Å². The summed E-state index contributed by atoms with van der Waals surface area (Å²) >= 11 is 9.22. The standard InChI is InChI=1S/C13H13BrClN3O3/c14-11-7-9(15)1-3-12(11)21-6-5-18-8-10(16-17-18)2-4-13(19)20/h1,3,7-8H,2,4-6H2,(H,19,20). The van der Waals surface area contributed by atoms with Crippen molar-refractivity contribution < 1.29 is 14.6 Å². The maximum atomic E-state index is 10.5. The molecule has 21 heavy (non-hydrogen) atoms. The Labute approximate surface area is 134 Å². The van der Waals surface area contributed by atoms with Crippen molar-refractivity contribution in [1.82, 2.24) is 15.0 Å². The van der Waals surface area contributed by atoms with Gasteiger partial charge in [0.15, 0.2) is 0 Å². The number of ether oxygens (including phenoxy) is 1. The van der Waals surface area contributed by atoms with Crippen molar-refractivity contribution >= 4 is 33.5 Å². The highest BCUT2D eigenvalue weighted by molar-refractivity contribution is 9.10. The van der Waals surface area contributed by atoms with Crippen molar-refractivity contribution in [1.29, 1.82) is 0 Å². The summed E-state index contributed by atoms with van der Waals surface area (Å²) in [4.78, 5) is 10.5. The smallest absolute Gasteiger partial charge is 0.303 e. The van der Waals surface area contributed by atoms with Gasteiger partial charge in [0.2, 0.25) is 0 Å². The third-order valence-corrected chi connectivity index (χ3v) is 3.51. The van der Waals surface area contributed by atoms with Gasteiger partial charge in [-0.3, -0.25) is 4.79 Å². The van der Waals surface area contributed by atoms with E-state index in [1.165, 1.54) is 0 Å². The van der Waals surface area contributed by atoms with Gasteiger partial charge >= 0.3 is 5.97 Å². The SMILES string of the molecule is O=C(O)CCc1cn(CCOc2ccc(Cl)cc2Br)nn1. The van der Waals surface area contributed by atoms with Gasteiger partial charge < -0.3 is 9.84 Å². The van der Waals surface area contributed by atoms with Gasteiger partial charge in [-0.15, -0.1) is 5.10 Å². The first-order valence-electron chi connectivity index (χ1n) is 6.23. The number of carbonyl (C=O) groups is 1. The minimum absolute atomic E-state index is 0.0485. The fourth-order valence-corrected chi connectivity index (χ4v) is 2.44. The molecule has 6 nitrogen and oxygen atoms in total. The van der Waals surface area contributed by atoms with Crippen LogP contribution in [0.25, 0.3) is 0 Å². The van der Waals surface area contributed by atoms with Crippen LogP contribution in [0.15, 0.2) is 28.9 Å². The van der Waals surface area contributed by atoms with Crippen molar-refractivity contribution in [2.24, 2.45) is 0 Å². The number of nitrogens with zero attached hydrogens (tertiary/aromatic N) is 3. The molecule has 0 spiro atoms. The summed E-state index contributed by atoms with van der Waals surface area (Å²) in [6.07, 6.45) is 2.15. The largest absolute Gasteiger partial charge is 0.490 e. The lowest BCUT2D eigenvalue weighted by Gasteiger charge is -2.08. The predicted octanol–water partition coefficient (Wildman–Crippen LogP) is 2.79. The third kappa shape index (κ3) is 5.02. The average Bonchev–Trinajstić information content (AvgIpc) is 2.87. The summed E-state index contributed by atoms with van der Waals surface area (Å²) in [6, 6.07) is 5.30. The van der Waals surface area contributed by atoms with Crippen LogP contribution in [-0.4, -0.2) is 32.7 Å². The molecule has 1 aromatic heterocycles. The third-order valence-electron chi connectivity index (χ3n) is 2.65. The van der Waals surface area contributed by atoms with E-state index in [1.807, 2.05) is 0 Å². The maximum Gasteiger partial charge on any atom is 0.303 e. The number of carboxylic acids is 1. The van der Waals surface area contributed by atoms with Crippen molar-refractivity contribution in [3.63, 3.8) is 0 Å². The molecule has 0 aliphatic heterocycles. The molecule has 0 amide bonds. The fourth-order valence-electron chi connectivity index (χ4n) is 1.64. The molecule has 0 aliphatic rings. The van der Waals surface area contributed by atoms with Crippen LogP contribution in [0.2, 0.25) is 5.02 Å². The van der Waals surface area contributed by atoms with Gasteiger partial charge in [0.1, 0.15) is 12.4 Å². The van der Waals surface area contributed by atoms with Gasteiger partial charge in [-0.2, -0.15) is 0 Å². The predicted molar refractivity (Wildman–Crippen MR) is 80.6 cm³/mol. The fraction of sp³-hybridized carbons (Fsp3) is 0.308. The molecule has 0 radical (unpaired) electrons. The van der Waals surface area contributed by atoms with Crippen molar-refractivity contribution in [3.8, 4) is 5.75 Å². The Morgan fingerprint density at radius 2 is 2.29 bits per heavy atom. The highest BCUT2D eigenvalue weighted by atomic mass is 79.9. The van der Waals surface area contributed by atoms with E-state index < -0.39 is 5.97 Å². The molecule has 8 heteroatoms. The van der Waals surface area contributed by atoms with Crippen molar-refractivity contribution in [3.05, 3.63) is 39.6 Å². The van der Waals surface area contributed by atoms with Gasteiger partial charge in [0.25, 0.3) is 0 Å². The molecule has 0 bridgehead atoms. The number of hydrogen-bond donors (Lipinski definition) is 1. The number of halogens is 2. The molecule has 0 aliphatic carbocycles. The van der Waals surface area contributed by atoms with Crippen LogP contribution in [0.4, 0.5) is 0 Å². The highest BCUT2D eigenvalue weighted by Gasteiger charge is 2.05. The second-order valence-corrected chi connectivity index (χ2v) is 5.58. The topological polar surface area (TPSA) is 77.2 Å². The van der Waals surface area contributed by atoms with Crippen LogP contribution >= 0.6 is 27.5 Å². The van der Waals surface area contributed by atoms with Gasteiger partial charge in [-0.1, -0.05) is 16.8 Å². The zero-order valence-corrected chi connectivity index (χ0v) is 13.3. The van der Waals surface area contributed by atoms with E-state index in [-0.39, 0.29) is 6.42 Å². The van der Waals surface area contributed by atoms with Crippen molar-refractivity contribution in [2.45, 2.75) is 19.4 Å². The molecule has 0 unspecified atom stereocenters. The van der Waals surface area contributed by atoms with E-state index in [2.05, 4.69) is 26.2 Å². The van der Waals surface area contributed by atoms with E-state index in [0.29, 0.717) is 36.0 Å². The Morgan fingerprint density at radius 3 is 3.00 bits per heavy atom. The van der Waals surface area contributed by atoms with Crippen LogP contribution in [-0.2, 0) is 17.8 Å². The van der Waals surface area contributed by atoms with E-state index in [0.717, 1.165) is 4.47 Å².